The molecule has 2 amide bonds. The van der Waals surface area contributed by atoms with E-state index in [4.69, 9.17) is 0 Å². The number of carbonyl (C=O) groups is 1. The molecule has 2 saturated heterocycles. The zero-order valence-corrected chi connectivity index (χ0v) is 9.46. The summed E-state index contributed by atoms with van der Waals surface area (Å²) in [5.74, 6) is 0. The molecule has 0 bridgehead atoms. The van der Waals surface area contributed by atoms with Gasteiger partial charge in [-0.25, -0.2) is 4.79 Å². The minimum Gasteiger partial charge on any atom is -0.333 e. The van der Waals surface area contributed by atoms with Crippen molar-refractivity contribution < 1.29 is 4.79 Å². The van der Waals surface area contributed by atoms with Crippen molar-refractivity contribution in [3.05, 3.63) is 0 Å². The van der Waals surface area contributed by atoms with Crippen LogP contribution in [0.5, 0.6) is 0 Å². The lowest BCUT2D eigenvalue weighted by atomic mass is 10.0. The van der Waals surface area contributed by atoms with Crippen LogP contribution in [0.4, 0.5) is 4.79 Å². The Labute approximate surface area is 91.4 Å². The number of nitrogens with one attached hydrogen (secondary N) is 2. The fraction of sp³-hybridized carbons (Fsp3) is 0.909. The molecule has 2 aliphatic rings. The Morgan fingerprint density at radius 2 is 2.33 bits per heavy atom. The van der Waals surface area contributed by atoms with Gasteiger partial charge in [0.1, 0.15) is 0 Å². The first kappa shape index (κ1) is 10.7. The Hall–Kier alpha value is -0.770. The highest BCUT2D eigenvalue weighted by Gasteiger charge is 2.39. The Bertz CT molecular complexity index is 232. The van der Waals surface area contributed by atoms with E-state index >= 15 is 0 Å². The molecule has 86 valence electrons. The van der Waals surface area contributed by atoms with Crippen molar-refractivity contribution in [2.75, 3.05) is 19.6 Å². The highest BCUT2D eigenvalue weighted by atomic mass is 16.2. The van der Waals surface area contributed by atoms with Gasteiger partial charge in [0.25, 0.3) is 0 Å². The zero-order valence-electron chi connectivity index (χ0n) is 9.46. The summed E-state index contributed by atoms with van der Waals surface area (Å²) in [6, 6.07) is 0.906. The second kappa shape index (κ2) is 4.84. The number of hydrogen-bond donors (Lipinski definition) is 2. The van der Waals surface area contributed by atoms with Crippen LogP contribution in [0, 0.1) is 0 Å². The van der Waals surface area contributed by atoms with Crippen LogP contribution in [-0.4, -0.2) is 42.6 Å². The lowest BCUT2D eigenvalue weighted by Crippen LogP contribution is -2.52. The van der Waals surface area contributed by atoms with E-state index in [0.717, 1.165) is 26.1 Å². The first-order valence-electron chi connectivity index (χ1n) is 6.10. The average Bonchev–Trinajstić information content (AvgIpc) is 2.58. The monoisotopic (exact) mass is 211 g/mol. The number of fused-ring (bicyclic) bond motifs is 1. The fourth-order valence-corrected chi connectivity index (χ4v) is 2.55. The molecule has 2 unspecified atom stereocenters. The number of nitrogens with zero attached hydrogens (tertiary/aromatic N) is 1. The van der Waals surface area contributed by atoms with Crippen LogP contribution in [-0.2, 0) is 0 Å². The van der Waals surface area contributed by atoms with Crippen molar-refractivity contribution in [1.82, 2.24) is 15.5 Å². The molecular weight excluding hydrogens is 190 g/mol. The summed E-state index contributed by atoms with van der Waals surface area (Å²) in [6.45, 7) is 4.96. The van der Waals surface area contributed by atoms with E-state index in [-0.39, 0.29) is 6.03 Å². The maximum atomic E-state index is 11.6. The van der Waals surface area contributed by atoms with E-state index in [1.807, 2.05) is 4.90 Å². The van der Waals surface area contributed by atoms with Crippen molar-refractivity contribution in [2.24, 2.45) is 0 Å². The molecule has 2 aliphatic heterocycles. The molecule has 15 heavy (non-hydrogen) atoms. The minimum atomic E-state index is 0.142. The molecule has 0 radical (unpaired) electrons. The lowest BCUT2D eigenvalue weighted by Gasteiger charge is -2.31. The molecule has 0 aliphatic carbocycles. The van der Waals surface area contributed by atoms with Gasteiger partial charge in [-0.05, 0) is 6.42 Å². The van der Waals surface area contributed by atoms with Crippen LogP contribution in [0.1, 0.15) is 32.6 Å². The maximum absolute atomic E-state index is 11.6. The molecule has 4 heteroatoms. The Morgan fingerprint density at radius 1 is 1.47 bits per heavy atom. The van der Waals surface area contributed by atoms with Gasteiger partial charge in [-0.3, -0.25) is 0 Å². The number of hydrogen-bond acceptors (Lipinski definition) is 2. The fourth-order valence-electron chi connectivity index (χ4n) is 2.55. The highest BCUT2D eigenvalue weighted by molar-refractivity contribution is 5.77. The van der Waals surface area contributed by atoms with E-state index in [2.05, 4.69) is 17.6 Å². The summed E-state index contributed by atoms with van der Waals surface area (Å²) >= 11 is 0. The lowest BCUT2D eigenvalue weighted by molar-refractivity contribution is 0.185. The third kappa shape index (κ3) is 2.25. The minimum absolute atomic E-state index is 0.142. The molecular formula is C11H21N3O. The molecule has 2 fully saturated rings. The number of rotatable bonds is 4. The molecule has 0 aromatic carbocycles. The van der Waals surface area contributed by atoms with E-state index in [1.165, 1.54) is 19.3 Å². The number of carbonyl (C=O) groups excluding carboxylic acids is 1. The quantitative estimate of drug-likeness (QED) is 0.680. The van der Waals surface area contributed by atoms with Crippen LogP contribution < -0.4 is 10.6 Å². The van der Waals surface area contributed by atoms with Gasteiger partial charge in [-0.1, -0.05) is 26.2 Å². The first-order chi connectivity index (χ1) is 7.33. The first-order valence-corrected chi connectivity index (χ1v) is 6.10. The summed E-state index contributed by atoms with van der Waals surface area (Å²) in [6.07, 6.45) is 4.87. The van der Waals surface area contributed by atoms with Crippen LogP contribution in [0.2, 0.25) is 0 Å². The Balaban J connectivity index is 1.87. The second-order valence-electron chi connectivity index (χ2n) is 4.52. The van der Waals surface area contributed by atoms with Crippen molar-refractivity contribution >= 4 is 6.03 Å². The van der Waals surface area contributed by atoms with Crippen molar-refractivity contribution in [2.45, 2.75) is 44.7 Å². The summed E-state index contributed by atoms with van der Waals surface area (Å²) in [5.41, 5.74) is 0. The predicted octanol–water partition coefficient (Wildman–Crippen LogP) is 0.932. The molecule has 2 heterocycles. The van der Waals surface area contributed by atoms with Crippen LogP contribution >= 0.6 is 0 Å². The molecule has 0 aromatic rings. The zero-order chi connectivity index (χ0) is 10.7. The largest absolute Gasteiger partial charge is 0.333 e. The number of amides is 2. The van der Waals surface area contributed by atoms with E-state index in [0.29, 0.717) is 12.1 Å². The Morgan fingerprint density at radius 3 is 3.13 bits per heavy atom. The standard InChI is InChI=1S/C11H21N3O/c1-2-3-4-5-9-10-8-12-6-7-14(10)11(15)13-9/h9-10,12H,2-8H2,1H3,(H,13,15). The summed E-state index contributed by atoms with van der Waals surface area (Å²) in [7, 11) is 0. The van der Waals surface area contributed by atoms with Gasteiger partial charge in [0.2, 0.25) is 0 Å². The highest BCUT2D eigenvalue weighted by Crippen LogP contribution is 2.19. The predicted molar refractivity (Wildman–Crippen MR) is 59.8 cm³/mol. The van der Waals surface area contributed by atoms with Gasteiger partial charge in [-0.2, -0.15) is 0 Å². The summed E-state index contributed by atoms with van der Waals surface area (Å²) in [4.78, 5) is 13.6. The normalized spacial score (nSPS) is 30.2. The molecule has 2 rings (SSSR count). The summed E-state index contributed by atoms with van der Waals surface area (Å²) < 4.78 is 0. The van der Waals surface area contributed by atoms with E-state index in [9.17, 15) is 4.79 Å². The third-order valence-electron chi connectivity index (χ3n) is 3.44. The van der Waals surface area contributed by atoms with Crippen molar-refractivity contribution in [1.29, 1.82) is 0 Å². The molecule has 0 spiro atoms. The maximum Gasteiger partial charge on any atom is 0.318 e. The molecule has 0 saturated carbocycles. The number of piperazine rings is 1. The number of urea groups is 1. The van der Waals surface area contributed by atoms with Gasteiger partial charge < -0.3 is 15.5 Å². The van der Waals surface area contributed by atoms with Gasteiger partial charge in [0, 0.05) is 19.6 Å². The average molecular weight is 211 g/mol. The molecule has 4 nitrogen and oxygen atoms in total. The SMILES string of the molecule is CCCCCC1NC(=O)N2CCNCC12. The van der Waals surface area contributed by atoms with Gasteiger partial charge in [0.05, 0.1) is 12.1 Å². The van der Waals surface area contributed by atoms with Gasteiger partial charge >= 0.3 is 6.03 Å². The smallest absolute Gasteiger partial charge is 0.318 e. The number of unbranched alkanes of at least 4 members (excludes halogenated alkanes) is 2. The van der Waals surface area contributed by atoms with Crippen LogP contribution in [0.15, 0.2) is 0 Å². The van der Waals surface area contributed by atoms with Crippen molar-refractivity contribution in [3.63, 3.8) is 0 Å². The summed E-state index contributed by atoms with van der Waals surface area (Å²) in [5, 5.41) is 6.47. The van der Waals surface area contributed by atoms with Crippen molar-refractivity contribution in [3.8, 4) is 0 Å². The Kier molecular flexibility index (Phi) is 3.46. The third-order valence-corrected chi connectivity index (χ3v) is 3.44. The van der Waals surface area contributed by atoms with Crippen LogP contribution in [0.25, 0.3) is 0 Å². The molecule has 2 N–H and O–H groups in total. The second-order valence-corrected chi connectivity index (χ2v) is 4.52. The molecule has 2 atom stereocenters. The topological polar surface area (TPSA) is 44.4 Å². The van der Waals surface area contributed by atoms with Gasteiger partial charge in [0.15, 0.2) is 0 Å². The van der Waals surface area contributed by atoms with E-state index in [1.54, 1.807) is 0 Å². The van der Waals surface area contributed by atoms with E-state index < -0.39 is 0 Å². The van der Waals surface area contributed by atoms with Crippen LogP contribution in [0.3, 0.4) is 0 Å². The molecule has 0 aromatic heterocycles. The van der Waals surface area contributed by atoms with Gasteiger partial charge in [-0.15, -0.1) is 0 Å².